The minimum absolute atomic E-state index is 0.0106. The number of hydrogen-bond acceptors (Lipinski definition) is 5. The number of piperazine rings is 1. The van der Waals surface area contributed by atoms with Gasteiger partial charge in [0.1, 0.15) is 0 Å². The summed E-state index contributed by atoms with van der Waals surface area (Å²) >= 11 is 0. The molecule has 0 spiro atoms. The standard InChI is InChI=1S/C13H19N5O/c14-16-12-11(2-1-5-15-12)13(19)18-8-6-17(7-9-18)10-3-4-10/h1-2,5,10H,3-4,6-9,14H2,(H,15,16). The number of aromatic nitrogens is 1. The van der Waals surface area contributed by atoms with E-state index in [1.165, 1.54) is 12.8 Å². The molecular weight excluding hydrogens is 242 g/mol. The third-order valence-corrected chi connectivity index (χ3v) is 3.84. The van der Waals surface area contributed by atoms with Crippen molar-refractivity contribution in [2.45, 2.75) is 18.9 Å². The van der Waals surface area contributed by atoms with Gasteiger partial charge in [0, 0.05) is 38.4 Å². The monoisotopic (exact) mass is 261 g/mol. The van der Waals surface area contributed by atoms with Crippen LogP contribution in [0.5, 0.6) is 0 Å². The SMILES string of the molecule is NNc1ncccc1C(=O)N1CCN(C2CC2)CC1. The molecule has 1 saturated carbocycles. The summed E-state index contributed by atoms with van der Waals surface area (Å²) in [5.74, 6) is 5.85. The Labute approximate surface area is 112 Å². The van der Waals surface area contributed by atoms with E-state index in [1.54, 1.807) is 18.3 Å². The zero-order chi connectivity index (χ0) is 13.2. The maximum Gasteiger partial charge on any atom is 0.257 e. The van der Waals surface area contributed by atoms with E-state index in [2.05, 4.69) is 15.3 Å². The van der Waals surface area contributed by atoms with Crippen LogP contribution in [0.25, 0.3) is 0 Å². The Morgan fingerprint density at radius 3 is 2.68 bits per heavy atom. The van der Waals surface area contributed by atoms with Crippen LogP contribution in [0.2, 0.25) is 0 Å². The summed E-state index contributed by atoms with van der Waals surface area (Å²) in [6, 6.07) is 4.30. The van der Waals surface area contributed by atoms with E-state index in [9.17, 15) is 4.79 Å². The molecule has 1 aliphatic heterocycles. The lowest BCUT2D eigenvalue weighted by Crippen LogP contribution is -2.49. The maximum absolute atomic E-state index is 12.4. The van der Waals surface area contributed by atoms with Crippen LogP contribution in [0, 0.1) is 0 Å². The van der Waals surface area contributed by atoms with Crippen LogP contribution in [0.1, 0.15) is 23.2 Å². The molecule has 0 radical (unpaired) electrons. The predicted molar refractivity (Wildman–Crippen MR) is 72.5 cm³/mol. The van der Waals surface area contributed by atoms with Gasteiger partial charge in [0.2, 0.25) is 0 Å². The number of anilines is 1. The Morgan fingerprint density at radius 2 is 2.05 bits per heavy atom. The fraction of sp³-hybridized carbons (Fsp3) is 0.538. The second-order valence-electron chi connectivity index (χ2n) is 5.10. The van der Waals surface area contributed by atoms with Gasteiger partial charge in [0.25, 0.3) is 5.91 Å². The molecule has 0 unspecified atom stereocenters. The quantitative estimate of drug-likeness (QED) is 0.604. The molecule has 2 heterocycles. The van der Waals surface area contributed by atoms with Crippen LogP contribution in [-0.2, 0) is 0 Å². The Kier molecular flexibility index (Phi) is 3.35. The van der Waals surface area contributed by atoms with Crippen molar-refractivity contribution in [1.29, 1.82) is 0 Å². The fourth-order valence-corrected chi connectivity index (χ4v) is 2.59. The molecule has 1 aliphatic carbocycles. The van der Waals surface area contributed by atoms with Crippen LogP contribution in [0.3, 0.4) is 0 Å². The Balaban J connectivity index is 1.67. The van der Waals surface area contributed by atoms with Gasteiger partial charge < -0.3 is 10.3 Å². The molecule has 1 amide bonds. The molecule has 3 rings (SSSR count). The zero-order valence-corrected chi connectivity index (χ0v) is 10.9. The number of hydrazine groups is 1. The zero-order valence-electron chi connectivity index (χ0n) is 10.9. The molecule has 1 aromatic rings. The highest BCUT2D eigenvalue weighted by Crippen LogP contribution is 2.27. The van der Waals surface area contributed by atoms with E-state index in [0.717, 1.165) is 32.2 Å². The molecule has 19 heavy (non-hydrogen) atoms. The average Bonchev–Trinajstić information content (AvgIpc) is 3.31. The molecule has 1 saturated heterocycles. The molecule has 6 heteroatoms. The van der Waals surface area contributed by atoms with Crippen molar-refractivity contribution in [3.8, 4) is 0 Å². The van der Waals surface area contributed by atoms with Gasteiger partial charge >= 0.3 is 0 Å². The first-order valence-electron chi connectivity index (χ1n) is 6.74. The van der Waals surface area contributed by atoms with Crippen LogP contribution in [0.15, 0.2) is 18.3 Å². The number of pyridine rings is 1. The fourth-order valence-electron chi connectivity index (χ4n) is 2.59. The van der Waals surface area contributed by atoms with Crippen molar-refractivity contribution in [2.24, 2.45) is 5.84 Å². The van der Waals surface area contributed by atoms with Crippen LogP contribution in [-0.4, -0.2) is 52.9 Å². The molecule has 0 atom stereocenters. The van der Waals surface area contributed by atoms with Crippen LogP contribution >= 0.6 is 0 Å². The molecule has 3 N–H and O–H groups in total. The Hall–Kier alpha value is -1.66. The van der Waals surface area contributed by atoms with Crippen LogP contribution < -0.4 is 11.3 Å². The number of nitrogens with zero attached hydrogens (tertiary/aromatic N) is 3. The smallest absolute Gasteiger partial charge is 0.257 e. The summed E-state index contributed by atoms with van der Waals surface area (Å²) in [6.07, 6.45) is 4.26. The van der Waals surface area contributed by atoms with Gasteiger partial charge in [-0.1, -0.05) is 0 Å². The van der Waals surface area contributed by atoms with Crippen molar-refractivity contribution >= 4 is 11.7 Å². The number of carbonyl (C=O) groups is 1. The van der Waals surface area contributed by atoms with E-state index in [0.29, 0.717) is 11.4 Å². The molecule has 102 valence electrons. The number of amides is 1. The minimum atomic E-state index is 0.0106. The largest absolute Gasteiger partial charge is 0.336 e. The number of carbonyl (C=O) groups excluding carboxylic acids is 1. The first-order chi connectivity index (χ1) is 9.29. The highest BCUT2D eigenvalue weighted by Gasteiger charge is 2.32. The highest BCUT2D eigenvalue weighted by atomic mass is 16.2. The molecule has 0 aromatic carbocycles. The number of rotatable bonds is 3. The normalized spacial score (nSPS) is 20.4. The van der Waals surface area contributed by atoms with E-state index >= 15 is 0 Å². The molecular formula is C13H19N5O. The van der Waals surface area contributed by atoms with Crippen molar-refractivity contribution in [3.63, 3.8) is 0 Å². The number of nitrogen functional groups attached to an aromatic ring is 1. The highest BCUT2D eigenvalue weighted by molar-refractivity contribution is 5.98. The van der Waals surface area contributed by atoms with E-state index < -0.39 is 0 Å². The minimum Gasteiger partial charge on any atom is -0.336 e. The topological polar surface area (TPSA) is 74.5 Å². The van der Waals surface area contributed by atoms with Crippen molar-refractivity contribution in [2.75, 3.05) is 31.6 Å². The van der Waals surface area contributed by atoms with E-state index in [1.807, 2.05) is 4.90 Å². The van der Waals surface area contributed by atoms with Gasteiger partial charge in [0.15, 0.2) is 5.82 Å². The van der Waals surface area contributed by atoms with E-state index in [-0.39, 0.29) is 5.91 Å². The molecule has 6 nitrogen and oxygen atoms in total. The molecule has 1 aromatic heterocycles. The third kappa shape index (κ3) is 2.54. The average molecular weight is 261 g/mol. The maximum atomic E-state index is 12.4. The third-order valence-electron chi connectivity index (χ3n) is 3.84. The molecule has 2 fully saturated rings. The van der Waals surface area contributed by atoms with Crippen molar-refractivity contribution in [1.82, 2.24) is 14.8 Å². The van der Waals surface area contributed by atoms with Crippen molar-refractivity contribution in [3.05, 3.63) is 23.9 Å². The second-order valence-corrected chi connectivity index (χ2v) is 5.10. The Bertz CT molecular complexity index is 466. The summed E-state index contributed by atoms with van der Waals surface area (Å²) in [4.78, 5) is 20.9. The predicted octanol–water partition coefficient (Wildman–Crippen LogP) is 0.287. The summed E-state index contributed by atoms with van der Waals surface area (Å²) in [5, 5.41) is 0. The van der Waals surface area contributed by atoms with Crippen LogP contribution in [0.4, 0.5) is 5.82 Å². The summed E-state index contributed by atoms with van der Waals surface area (Å²) in [6.45, 7) is 3.52. The van der Waals surface area contributed by atoms with Gasteiger partial charge in [-0.05, 0) is 25.0 Å². The van der Waals surface area contributed by atoms with Gasteiger partial charge in [-0.2, -0.15) is 0 Å². The van der Waals surface area contributed by atoms with Gasteiger partial charge in [-0.3, -0.25) is 9.69 Å². The first-order valence-corrected chi connectivity index (χ1v) is 6.74. The molecule has 0 bridgehead atoms. The van der Waals surface area contributed by atoms with Crippen molar-refractivity contribution < 1.29 is 4.79 Å². The van der Waals surface area contributed by atoms with Gasteiger partial charge in [-0.15, -0.1) is 0 Å². The number of nitrogens with two attached hydrogens (primary N) is 1. The number of hydrogen-bond donors (Lipinski definition) is 2. The molecule has 2 aliphatic rings. The van der Waals surface area contributed by atoms with Gasteiger partial charge in [0.05, 0.1) is 5.56 Å². The summed E-state index contributed by atoms with van der Waals surface area (Å²) in [7, 11) is 0. The van der Waals surface area contributed by atoms with Gasteiger partial charge in [-0.25, -0.2) is 10.8 Å². The Morgan fingerprint density at radius 1 is 1.32 bits per heavy atom. The number of nitrogens with one attached hydrogen (secondary N) is 1. The van der Waals surface area contributed by atoms with E-state index in [4.69, 9.17) is 5.84 Å². The lowest BCUT2D eigenvalue weighted by atomic mass is 10.2. The lowest BCUT2D eigenvalue weighted by molar-refractivity contribution is 0.0628. The second kappa shape index (κ2) is 5.14. The first kappa shape index (κ1) is 12.4. The summed E-state index contributed by atoms with van der Waals surface area (Å²) < 4.78 is 0. The summed E-state index contributed by atoms with van der Waals surface area (Å²) in [5.41, 5.74) is 3.03. The lowest BCUT2D eigenvalue weighted by Gasteiger charge is -2.35.